The zero-order valence-corrected chi connectivity index (χ0v) is 19.9. The van der Waals surface area contributed by atoms with Crippen LogP contribution in [0.4, 0.5) is 0 Å². The first-order valence-corrected chi connectivity index (χ1v) is 12.1. The van der Waals surface area contributed by atoms with Crippen LogP contribution in [0.2, 0.25) is 0 Å². The van der Waals surface area contributed by atoms with Crippen molar-refractivity contribution in [1.82, 2.24) is 15.5 Å². The lowest BCUT2D eigenvalue weighted by molar-refractivity contribution is -0.246. The highest BCUT2D eigenvalue weighted by Crippen LogP contribution is 2.39. The molecule has 5 atom stereocenters. The minimum atomic E-state index is -0.519. The first kappa shape index (κ1) is 23.6. The number of rotatable bonds is 5. The molecule has 3 fully saturated rings. The largest absolute Gasteiger partial charge is 0.347 e. The molecule has 5 unspecified atom stereocenters. The van der Waals surface area contributed by atoms with E-state index in [2.05, 4.69) is 29.3 Å². The van der Waals surface area contributed by atoms with Crippen LogP contribution in [0.15, 0.2) is 85.0 Å². The van der Waals surface area contributed by atoms with Crippen molar-refractivity contribution in [2.45, 2.75) is 30.9 Å². The molecule has 2 amide bonds. The summed E-state index contributed by atoms with van der Waals surface area (Å²) in [5.41, 5.74) is 2.13. The zero-order valence-electron chi connectivity index (χ0n) is 19.1. The molecule has 3 heterocycles. The van der Waals surface area contributed by atoms with Crippen LogP contribution in [0.3, 0.4) is 0 Å². The van der Waals surface area contributed by atoms with Crippen LogP contribution in [-0.4, -0.2) is 47.1 Å². The van der Waals surface area contributed by atoms with Crippen LogP contribution in [0.25, 0.3) is 0 Å². The number of ether oxygens (including phenoxy) is 2. The number of carbonyl (C=O) groups is 2. The molecule has 5 rings (SSSR count). The number of nitrogens with one attached hydrogen (secondary N) is 2. The molecular formula is C27H27N3O4S. The second-order valence-electron chi connectivity index (χ2n) is 8.86. The predicted octanol–water partition coefficient (Wildman–Crippen LogP) is 3.18. The van der Waals surface area contributed by atoms with E-state index in [9.17, 15) is 9.59 Å². The standard InChI is InChI=1S/C27H27N3O4S/c1-2-13-30-25(32)20(24(31)29-27(30)35)14-19-15-21(17-9-5-3-6-10-17)28-22-16-33-26(34-23(19)22)18-11-7-4-8-12-18/h2-12,14,19,21-23,26,28H,1,13,15-16H2,(H,29,31,35)/b20-14+. The number of thiocarbonyl (C=S) groups is 1. The van der Waals surface area contributed by atoms with Crippen LogP contribution in [0.1, 0.15) is 29.9 Å². The number of amides is 2. The molecule has 2 N–H and O–H groups in total. The highest BCUT2D eigenvalue weighted by Gasteiger charge is 2.44. The molecule has 0 aromatic heterocycles. The van der Waals surface area contributed by atoms with Gasteiger partial charge in [0.25, 0.3) is 11.8 Å². The van der Waals surface area contributed by atoms with Gasteiger partial charge in [-0.1, -0.05) is 72.8 Å². The predicted molar refractivity (Wildman–Crippen MR) is 135 cm³/mol. The Kier molecular flexibility index (Phi) is 6.88. The van der Waals surface area contributed by atoms with Crippen molar-refractivity contribution < 1.29 is 19.1 Å². The van der Waals surface area contributed by atoms with Crippen LogP contribution in [0, 0.1) is 5.92 Å². The lowest BCUT2D eigenvalue weighted by atomic mass is 9.81. The van der Waals surface area contributed by atoms with Gasteiger partial charge in [0, 0.05) is 24.1 Å². The minimum Gasteiger partial charge on any atom is -0.347 e. The summed E-state index contributed by atoms with van der Waals surface area (Å²) in [6.45, 7) is 4.36. The van der Waals surface area contributed by atoms with Crippen LogP contribution >= 0.6 is 12.2 Å². The van der Waals surface area contributed by atoms with Crippen LogP contribution < -0.4 is 10.6 Å². The van der Waals surface area contributed by atoms with Gasteiger partial charge in [-0.2, -0.15) is 0 Å². The molecule has 3 aliphatic heterocycles. The van der Waals surface area contributed by atoms with Crippen LogP contribution in [0.5, 0.6) is 0 Å². The Bertz CT molecular complexity index is 1150. The summed E-state index contributed by atoms with van der Waals surface area (Å²) in [6, 6.07) is 19.8. The van der Waals surface area contributed by atoms with Crippen molar-refractivity contribution in [2.24, 2.45) is 5.92 Å². The SMILES string of the molecule is C=CCN1C(=O)/C(=C/C2CC(c3ccccc3)NC3COC(c4ccccc4)OC23)C(=O)NC1=S. The van der Waals surface area contributed by atoms with E-state index in [4.69, 9.17) is 21.7 Å². The van der Waals surface area contributed by atoms with Gasteiger partial charge < -0.3 is 14.8 Å². The van der Waals surface area contributed by atoms with Gasteiger partial charge in [0.1, 0.15) is 5.57 Å². The summed E-state index contributed by atoms with van der Waals surface area (Å²) in [7, 11) is 0. The first-order valence-electron chi connectivity index (χ1n) is 11.7. The molecule has 0 bridgehead atoms. The average Bonchev–Trinajstić information content (AvgIpc) is 2.89. The maximum Gasteiger partial charge on any atom is 0.265 e. The number of hydrogen-bond acceptors (Lipinski definition) is 6. The maximum absolute atomic E-state index is 13.2. The normalized spacial score (nSPS) is 30.1. The molecular weight excluding hydrogens is 462 g/mol. The third-order valence-electron chi connectivity index (χ3n) is 6.60. The Labute approximate surface area is 209 Å². The Morgan fingerprint density at radius 1 is 1.06 bits per heavy atom. The molecule has 0 spiro atoms. The molecule has 0 radical (unpaired) electrons. The summed E-state index contributed by atoms with van der Waals surface area (Å²) in [5, 5.41) is 6.39. The van der Waals surface area contributed by atoms with E-state index in [-0.39, 0.29) is 41.3 Å². The number of benzene rings is 2. The topological polar surface area (TPSA) is 79.9 Å². The maximum atomic E-state index is 13.2. The monoisotopic (exact) mass is 489 g/mol. The number of fused-ring (bicyclic) bond motifs is 1. The van der Waals surface area contributed by atoms with E-state index in [0.29, 0.717) is 13.0 Å². The van der Waals surface area contributed by atoms with E-state index < -0.39 is 18.1 Å². The van der Waals surface area contributed by atoms with Crippen molar-refractivity contribution in [2.75, 3.05) is 13.2 Å². The van der Waals surface area contributed by atoms with Crippen molar-refractivity contribution in [3.8, 4) is 0 Å². The molecule has 0 aliphatic carbocycles. The van der Waals surface area contributed by atoms with E-state index in [0.717, 1.165) is 11.1 Å². The lowest BCUT2D eigenvalue weighted by Crippen LogP contribution is -2.58. The van der Waals surface area contributed by atoms with Gasteiger partial charge in [-0.3, -0.25) is 19.8 Å². The summed E-state index contributed by atoms with van der Waals surface area (Å²) < 4.78 is 12.5. The Morgan fingerprint density at radius 3 is 2.43 bits per heavy atom. The number of nitrogens with zero attached hydrogens (tertiary/aromatic N) is 1. The van der Waals surface area contributed by atoms with E-state index in [1.165, 1.54) is 4.90 Å². The zero-order chi connectivity index (χ0) is 24.4. The van der Waals surface area contributed by atoms with Gasteiger partial charge in [-0.15, -0.1) is 6.58 Å². The molecule has 3 saturated heterocycles. The number of hydrogen-bond donors (Lipinski definition) is 2. The third-order valence-corrected chi connectivity index (χ3v) is 6.92. The van der Waals surface area contributed by atoms with Gasteiger partial charge in [0.2, 0.25) is 0 Å². The van der Waals surface area contributed by atoms with Crippen molar-refractivity contribution in [3.05, 3.63) is 96.1 Å². The fourth-order valence-electron chi connectivity index (χ4n) is 4.93. The lowest BCUT2D eigenvalue weighted by Gasteiger charge is -2.46. The summed E-state index contributed by atoms with van der Waals surface area (Å²) in [6.07, 6.45) is 3.19. The molecule has 0 saturated carbocycles. The quantitative estimate of drug-likeness (QED) is 0.291. The summed E-state index contributed by atoms with van der Waals surface area (Å²) in [4.78, 5) is 27.4. The first-order chi connectivity index (χ1) is 17.0. The van der Waals surface area contributed by atoms with Crippen molar-refractivity contribution >= 4 is 29.1 Å². The van der Waals surface area contributed by atoms with E-state index >= 15 is 0 Å². The Hall–Kier alpha value is -3.17. The number of piperidine rings is 1. The van der Waals surface area contributed by atoms with Gasteiger partial charge in [-0.05, 0) is 24.2 Å². The second kappa shape index (κ2) is 10.2. The average molecular weight is 490 g/mol. The molecule has 2 aromatic carbocycles. The smallest absolute Gasteiger partial charge is 0.265 e. The van der Waals surface area contributed by atoms with Gasteiger partial charge in [-0.25, -0.2) is 0 Å². The molecule has 7 nitrogen and oxygen atoms in total. The fraction of sp³-hybridized carbons (Fsp3) is 0.296. The highest BCUT2D eigenvalue weighted by molar-refractivity contribution is 7.80. The van der Waals surface area contributed by atoms with E-state index in [1.54, 1.807) is 12.2 Å². The van der Waals surface area contributed by atoms with E-state index in [1.807, 2.05) is 48.5 Å². The van der Waals surface area contributed by atoms with Gasteiger partial charge in [0.15, 0.2) is 11.4 Å². The van der Waals surface area contributed by atoms with Crippen molar-refractivity contribution in [3.63, 3.8) is 0 Å². The van der Waals surface area contributed by atoms with Crippen molar-refractivity contribution in [1.29, 1.82) is 0 Å². The highest BCUT2D eigenvalue weighted by atomic mass is 32.1. The van der Waals surface area contributed by atoms with Gasteiger partial charge in [0.05, 0.1) is 18.8 Å². The fourth-order valence-corrected chi connectivity index (χ4v) is 5.18. The number of carbonyl (C=O) groups excluding carboxylic acids is 2. The minimum absolute atomic E-state index is 0.0203. The molecule has 3 aliphatic rings. The molecule has 8 heteroatoms. The molecule has 2 aromatic rings. The Morgan fingerprint density at radius 2 is 1.74 bits per heavy atom. The second-order valence-corrected chi connectivity index (χ2v) is 9.24. The van der Waals surface area contributed by atoms with Crippen LogP contribution in [-0.2, 0) is 19.1 Å². The van der Waals surface area contributed by atoms with Gasteiger partial charge >= 0.3 is 0 Å². The third kappa shape index (κ3) is 4.83. The molecule has 180 valence electrons. The Balaban J connectivity index is 1.48. The summed E-state index contributed by atoms with van der Waals surface area (Å²) in [5.74, 6) is -1.11. The molecule has 35 heavy (non-hydrogen) atoms. The summed E-state index contributed by atoms with van der Waals surface area (Å²) >= 11 is 5.20.